The molecule has 2 aromatic rings. The Balaban J connectivity index is 1.76. The molecule has 1 fully saturated rings. The van der Waals surface area contributed by atoms with Crippen LogP contribution in [0, 0.1) is 0 Å². The largest absolute Gasteiger partial charge is 0.497 e. The number of likely N-dealkylation sites (tertiary alicyclic amines) is 1. The molecule has 1 aromatic heterocycles. The van der Waals surface area contributed by atoms with Gasteiger partial charge < -0.3 is 15.0 Å². The van der Waals surface area contributed by atoms with Crippen molar-refractivity contribution in [3.8, 4) is 16.3 Å². The lowest BCUT2D eigenvalue weighted by Crippen LogP contribution is -2.40. The number of aromatic nitrogens is 1. The molecule has 1 amide bonds. The SMILES string of the molecule is CNCC1CCCN1C(=O)c1csc(-c2ccc(OC)cc2)n1. The third-order valence-electron chi connectivity index (χ3n) is 4.14. The minimum Gasteiger partial charge on any atom is -0.497 e. The van der Waals surface area contributed by atoms with E-state index in [-0.39, 0.29) is 11.9 Å². The van der Waals surface area contributed by atoms with Crippen LogP contribution in [0.15, 0.2) is 29.6 Å². The van der Waals surface area contributed by atoms with E-state index < -0.39 is 0 Å². The zero-order valence-corrected chi connectivity index (χ0v) is 14.2. The quantitative estimate of drug-likeness (QED) is 0.915. The topological polar surface area (TPSA) is 54.5 Å². The second-order valence-electron chi connectivity index (χ2n) is 5.62. The summed E-state index contributed by atoms with van der Waals surface area (Å²) in [5.74, 6) is 0.854. The normalized spacial score (nSPS) is 17.5. The van der Waals surface area contributed by atoms with Gasteiger partial charge in [-0.3, -0.25) is 4.79 Å². The molecule has 0 spiro atoms. The second-order valence-corrected chi connectivity index (χ2v) is 6.48. The Morgan fingerprint density at radius 1 is 1.43 bits per heavy atom. The van der Waals surface area contributed by atoms with Crippen LogP contribution >= 0.6 is 11.3 Å². The molecule has 5 nitrogen and oxygen atoms in total. The lowest BCUT2D eigenvalue weighted by Gasteiger charge is -2.23. The molecule has 1 saturated heterocycles. The molecular formula is C17H21N3O2S. The Morgan fingerprint density at radius 3 is 2.91 bits per heavy atom. The molecule has 3 rings (SSSR count). The Labute approximate surface area is 140 Å². The molecule has 2 heterocycles. The van der Waals surface area contributed by atoms with Gasteiger partial charge in [0.05, 0.1) is 7.11 Å². The van der Waals surface area contributed by atoms with Crippen molar-refractivity contribution in [3.05, 3.63) is 35.3 Å². The molecule has 6 heteroatoms. The number of ether oxygens (including phenoxy) is 1. The third kappa shape index (κ3) is 3.38. The summed E-state index contributed by atoms with van der Waals surface area (Å²) < 4.78 is 5.17. The predicted octanol–water partition coefficient (Wildman–Crippen LogP) is 2.64. The van der Waals surface area contributed by atoms with Gasteiger partial charge in [-0.15, -0.1) is 11.3 Å². The lowest BCUT2D eigenvalue weighted by molar-refractivity contribution is 0.0732. The van der Waals surface area contributed by atoms with Crippen LogP contribution in [0.3, 0.4) is 0 Å². The van der Waals surface area contributed by atoms with Crippen molar-refractivity contribution in [2.45, 2.75) is 18.9 Å². The van der Waals surface area contributed by atoms with Gasteiger partial charge in [-0.25, -0.2) is 4.98 Å². The zero-order chi connectivity index (χ0) is 16.2. The summed E-state index contributed by atoms with van der Waals surface area (Å²) in [6.07, 6.45) is 2.12. The van der Waals surface area contributed by atoms with Crippen molar-refractivity contribution < 1.29 is 9.53 Å². The Kier molecular flexibility index (Phi) is 4.93. The average molecular weight is 331 g/mol. The van der Waals surface area contributed by atoms with Gasteiger partial charge in [0.1, 0.15) is 16.5 Å². The van der Waals surface area contributed by atoms with Gasteiger partial charge in [0.2, 0.25) is 0 Å². The van der Waals surface area contributed by atoms with Gasteiger partial charge in [0.15, 0.2) is 0 Å². The molecule has 122 valence electrons. The summed E-state index contributed by atoms with van der Waals surface area (Å²) in [7, 11) is 3.57. The van der Waals surface area contributed by atoms with E-state index in [9.17, 15) is 4.79 Å². The first-order valence-corrected chi connectivity index (χ1v) is 8.66. The number of methoxy groups -OCH3 is 1. The minimum atomic E-state index is 0.0405. The molecule has 0 radical (unpaired) electrons. The lowest BCUT2D eigenvalue weighted by atomic mass is 10.2. The number of hydrogen-bond acceptors (Lipinski definition) is 5. The van der Waals surface area contributed by atoms with Gasteiger partial charge in [-0.1, -0.05) is 0 Å². The highest BCUT2D eigenvalue weighted by atomic mass is 32.1. The number of carbonyl (C=O) groups is 1. The molecule has 0 aliphatic carbocycles. The summed E-state index contributed by atoms with van der Waals surface area (Å²) in [4.78, 5) is 19.2. The smallest absolute Gasteiger partial charge is 0.273 e. The first-order chi connectivity index (χ1) is 11.2. The molecular weight excluding hydrogens is 310 g/mol. The number of likely N-dealkylation sites (N-methyl/N-ethyl adjacent to an activating group) is 1. The summed E-state index contributed by atoms with van der Waals surface area (Å²) >= 11 is 1.50. The summed E-state index contributed by atoms with van der Waals surface area (Å²) in [6.45, 7) is 1.65. The summed E-state index contributed by atoms with van der Waals surface area (Å²) in [5, 5.41) is 5.88. The van der Waals surface area contributed by atoms with E-state index in [0.29, 0.717) is 5.69 Å². The van der Waals surface area contributed by atoms with E-state index in [1.54, 1.807) is 7.11 Å². The maximum Gasteiger partial charge on any atom is 0.273 e. The van der Waals surface area contributed by atoms with Crippen molar-refractivity contribution in [2.75, 3.05) is 27.2 Å². The number of hydrogen-bond donors (Lipinski definition) is 1. The molecule has 1 N–H and O–H groups in total. The number of benzene rings is 1. The molecule has 0 bridgehead atoms. The van der Waals surface area contributed by atoms with Crippen LogP contribution < -0.4 is 10.1 Å². The van der Waals surface area contributed by atoms with Crippen LogP contribution in [-0.4, -0.2) is 49.1 Å². The van der Waals surface area contributed by atoms with Gasteiger partial charge >= 0.3 is 0 Å². The number of nitrogens with one attached hydrogen (secondary N) is 1. The number of amides is 1. The van der Waals surface area contributed by atoms with E-state index in [1.165, 1.54) is 11.3 Å². The molecule has 1 aliphatic heterocycles. The molecule has 1 aliphatic rings. The van der Waals surface area contributed by atoms with Crippen molar-refractivity contribution in [1.29, 1.82) is 0 Å². The van der Waals surface area contributed by atoms with Gasteiger partial charge in [0, 0.05) is 30.1 Å². The maximum atomic E-state index is 12.7. The zero-order valence-electron chi connectivity index (χ0n) is 13.4. The third-order valence-corrected chi connectivity index (χ3v) is 5.03. The fourth-order valence-electron chi connectivity index (χ4n) is 2.94. The van der Waals surface area contributed by atoms with Crippen LogP contribution in [0.25, 0.3) is 10.6 Å². The summed E-state index contributed by atoms with van der Waals surface area (Å²) in [5.41, 5.74) is 1.55. The molecule has 1 atom stereocenters. The second kappa shape index (κ2) is 7.10. The van der Waals surface area contributed by atoms with E-state index in [1.807, 2.05) is 41.6 Å². The van der Waals surface area contributed by atoms with Gasteiger partial charge in [-0.05, 0) is 44.2 Å². The van der Waals surface area contributed by atoms with Crippen molar-refractivity contribution >= 4 is 17.2 Å². The van der Waals surface area contributed by atoms with Crippen LogP contribution in [0.2, 0.25) is 0 Å². The number of carbonyl (C=O) groups excluding carboxylic acids is 1. The molecule has 23 heavy (non-hydrogen) atoms. The first-order valence-electron chi connectivity index (χ1n) is 7.78. The maximum absolute atomic E-state index is 12.7. The Morgan fingerprint density at radius 2 is 2.22 bits per heavy atom. The monoisotopic (exact) mass is 331 g/mol. The number of nitrogens with zero attached hydrogens (tertiary/aromatic N) is 2. The standard InChI is InChI=1S/C17H21N3O2S/c1-18-10-13-4-3-9-20(13)17(21)15-11-23-16(19-15)12-5-7-14(22-2)8-6-12/h5-8,11,13,18H,3-4,9-10H2,1-2H3. The highest BCUT2D eigenvalue weighted by molar-refractivity contribution is 7.13. The van der Waals surface area contributed by atoms with Crippen molar-refractivity contribution in [2.24, 2.45) is 0 Å². The predicted molar refractivity (Wildman–Crippen MR) is 92.1 cm³/mol. The van der Waals surface area contributed by atoms with Crippen molar-refractivity contribution in [1.82, 2.24) is 15.2 Å². The van der Waals surface area contributed by atoms with Crippen LogP contribution in [0.4, 0.5) is 0 Å². The minimum absolute atomic E-state index is 0.0405. The fraction of sp³-hybridized carbons (Fsp3) is 0.412. The summed E-state index contributed by atoms with van der Waals surface area (Å²) in [6, 6.07) is 8.01. The van der Waals surface area contributed by atoms with Crippen LogP contribution in [-0.2, 0) is 0 Å². The molecule has 0 saturated carbocycles. The van der Waals surface area contributed by atoms with Gasteiger partial charge in [0.25, 0.3) is 5.91 Å². The molecule has 1 aromatic carbocycles. The highest BCUT2D eigenvalue weighted by Gasteiger charge is 2.30. The van der Waals surface area contributed by atoms with Crippen LogP contribution in [0.1, 0.15) is 23.3 Å². The number of thiazole rings is 1. The van der Waals surface area contributed by atoms with E-state index >= 15 is 0 Å². The van der Waals surface area contributed by atoms with E-state index in [2.05, 4.69) is 10.3 Å². The first kappa shape index (κ1) is 16.0. The fourth-order valence-corrected chi connectivity index (χ4v) is 3.74. The van der Waals surface area contributed by atoms with Crippen LogP contribution in [0.5, 0.6) is 5.75 Å². The van der Waals surface area contributed by atoms with Gasteiger partial charge in [-0.2, -0.15) is 0 Å². The Bertz CT molecular complexity index is 669. The van der Waals surface area contributed by atoms with Crippen molar-refractivity contribution in [3.63, 3.8) is 0 Å². The van der Waals surface area contributed by atoms with E-state index in [4.69, 9.17) is 4.74 Å². The molecule has 1 unspecified atom stereocenters. The van der Waals surface area contributed by atoms with E-state index in [0.717, 1.165) is 42.3 Å². The highest BCUT2D eigenvalue weighted by Crippen LogP contribution is 2.27. The Hall–Kier alpha value is -1.92. The number of rotatable bonds is 5. The average Bonchev–Trinajstić information content (AvgIpc) is 3.24.